The van der Waals surface area contributed by atoms with Gasteiger partial charge in [-0.05, 0) is 24.1 Å². The molecule has 3 heteroatoms. The van der Waals surface area contributed by atoms with Gasteiger partial charge in [-0.25, -0.2) is 0 Å². The van der Waals surface area contributed by atoms with E-state index in [4.69, 9.17) is 0 Å². The van der Waals surface area contributed by atoms with E-state index in [-0.39, 0.29) is 17.6 Å². The van der Waals surface area contributed by atoms with Gasteiger partial charge in [-0.2, -0.15) is 0 Å². The molecule has 2 aromatic carbocycles. The number of nitrogens with one attached hydrogen (secondary N) is 1. The smallest absolute Gasteiger partial charge is 0.231 e. The second-order valence-corrected chi connectivity index (χ2v) is 4.41. The van der Waals surface area contributed by atoms with Crippen molar-refractivity contribution in [2.45, 2.75) is 19.3 Å². The van der Waals surface area contributed by atoms with Gasteiger partial charge in [-0.1, -0.05) is 43.3 Å². The summed E-state index contributed by atoms with van der Waals surface area (Å²) < 4.78 is 0. The first kappa shape index (κ1) is 13.1. The summed E-state index contributed by atoms with van der Waals surface area (Å²) in [7, 11) is 0. The van der Waals surface area contributed by atoms with Gasteiger partial charge in [0.25, 0.3) is 0 Å². The number of hydrogen-bond donors (Lipinski definition) is 2. The lowest BCUT2D eigenvalue weighted by Crippen LogP contribution is -2.20. The molecule has 2 rings (SSSR count). The van der Waals surface area contributed by atoms with Gasteiger partial charge in [0.2, 0.25) is 5.91 Å². The summed E-state index contributed by atoms with van der Waals surface area (Å²) >= 11 is 0. The molecule has 0 radical (unpaired) electrons. The van der Waals surface area contributed by atoms with Gasteiger partial charge in [0.05, 0.1) is 5.92 Å². The Bertz CT molecular complexity index is 552. The molecular formula is C16H17NO2. The Balaban J connectivity index is 2.14. The molecule has 3 nitrogen and oxygen atoms in total. The molecule has 0 heterocycles. The fourth-order valence-corrected chi connectivity index (χ4v) is 2.07. The quantitative estimate of drug-likeness (QED) is 0.878. The van der Waals surface area contributed by atoms with Crippen molar-refractivity contribution in [3.8, 4) is 5.75 Å². The van der Waals surface area contributed by atoms with Crippen molar-refractivity contribution < 1.29 is 9.90 Å². The third-order valence-electron chi connectivity index (χ3n) is 3.04. The minimum absolute atomic E-state index is 0.0562. The van der Waals surface area contributed by atoms with Gasteiger partial charge in [0.1, 0.15) is 5.75 Å². The van der Waals surface area contributed by atoms with E-state index in [1.807, 2.05) is 37.3 Å². The highest BCUT2D eigenvalue weighted by Gasteiger charge is 2.18. The zero-order valence-electron chi connectivity index (χ0n) is 10.8. The molecule has 1 atom stereocenters. The largest absolute Gasteiger partial charge is 0.508 e. The Morgan fingerprint density at radius 1 is 1.16 bits per heavy atom. The van der Waals surface area contributed by atoms with Crippen molar-refractivity contribution in [2.75, 3.05) is 5.32 Å². The molecule has 0 aromatic heterocycles. The van der Waals surface area contributed by atoms with Crippen molar-refractivity contribution in [3.63, 3.8) is 0 Å². The standard InChI is InChI=1S/C16H17NO2/c1-2-15(12-7-4-3-5-8-12)16(19)17-13-9-6-10-14(18)11-13/h3-11,15,18H,2H2,1H3,(H,17,19)/t15-/m1/s1. The molecule has 2 aromatic rings. The van der Waals surface area contributed by atoms with Crippen LogP contribution in [0.2, 0.25) is 0 Å². The van der Waals surface area contributed by atoms with Crippen LogP contribution in [0.1, 0.15) is 24.8 Å². The molecule has 0 saturated heterocycles. The van der Waals surface area contributed by atoms with Gasteiger partial charge in [-0.3, -0.25) is 4.79 Å². The maximum absolute atomic E-state index is 12.3. The van der Waals surface area contributed by atoms with Crippen LogP contribution >= 0.6 is 0 Å². The molecule has 2 N–H and O–H groups in total. The number of carbonyl (C=O) groups is 1. The van der Waals surface area contributed by atoms with E-state index in [0.29, 0.717) is 5.69 Å². The van der Waals surface area contributed by atoms with Crippen LogP contribution in [0.4, 0.5) is 5.69 Å². The van der Waals surface area contributed by atoms with Gasteiger partial charge in [-0.15, -0.1) is 0 Å². The first-order valence-corrected chi connectivity index (χ1v) is 6.35. The summed E-state index contributed by atoms with van der Waals surface area (Å²) in [6.45, 7) is 1.99. The number of benzene rings is 2. The van der Waals surface area contributed by atoms with Crippen LogP contribution in [-0.2, 0) is 4.79 Å². The van der Waals surface area contributed by atoms with E-state index in [9.17, 15) is 9.90 Å². The van der Waals surface area contributed by atoms with Crippen molar-refractivity contribution >= 4 is 11.6 Å². The normalized spacial score (nSPS) is 11.8. The number of amides is 1. The van der Waals surface area contributed by atoms with Crippen LogP contribution in [0.15, 0.2) is 54.6 Å². The summed E-state index contributed by atoms with van der Waals surface area (Å²) in [5.41, 5.74) is 1.61. The first-order valence-electron chi connectivity index (χ1n) is 6.35. The van der Waals surface area contributed by atoms with Crippen LogP contribution in [0, 0.1) is 0 Å². The van der Waals surface area contributed by atoms with E-state index in [1.165, 1.54) is 6.07 Å². The Labute approximate surface area is 112 Å². The van der Waals surface area contributed by atoms with Gasteiger partial charge < -0.3 is 10.4 Å². The average Bonchev–Trinajstić information content (AvgIpc) is 2.41. The van der Waals surface area contributed by atoms with E-state index >= 15 is 0 Å². The molecule has 0 unspecified atom stereocenters. The topological polar surface area (TPSA) is 49.3 Å². The monoisotopic (exact) mass is 255 g/mol. The molecule has 19 heavy (non-hydrogen) atoms. The molecule has 0 saturated carbocycles. The van der Waals surface area contributed by atoms with E-state index < -0.39 is 0 Å². The lowest BCUT2D eigenvalue weighted by atomic mass is 9.95. The number of hydrogen-bond acceptors (Lipinski definition) is 2. The molecule has 0 spiro atoms. The average molecular weight is 255 g/mol. The van der Waals surface area contributed by atoms with Gasteiger partial charge in [0, 0.05) is 11.8 Å². The molecule has 1 amide bonds. The van der Waals surface area contributed by atoms with Crippen LogP contribution in [-0.4, -0.2) is 11.0 Å². The number of rotatable bonds is 4. The van der Waals surface area contributed by atoms with E-state index in [0.717, 1.165) is 12.0 Å². The summed E-state index contributed by atoms with van der Waals surface area (Å²) in [4.78, 5) is 12.3. The molecule has 0 bridgehead atoms. The lowest BCUT2D eigenvalue weighted by molar-refractivity contribution is -0.117. The number of phenolic OH excluding ortho intramolecular Hbond substituents is 1. The highest BCUT2D eigenvalue weighted by atomic mass is 16.3. The Morgan fingerprint density at radius 3 is 2.53 bits per heavy atom. The maximum Gasteiger partial charge on any atom is 0.231 e. The number of aromatic hydroxyl groups is 1. The zero-order valence-corrected chi connectivity index (χ0v) is 10.8. The maximum atomic E-state index is 12.3. The van der Waals surface area contributed by atoms with Crippen molar-refractivity contribution in [3.05, 3.63) is 60.2 Å². The van der Waals surface area contributed by atoms with Crippen molar-refractivity contribution in [2.24, 2.45) is 0 Å². The minimum Gasteiger partial charge on any atom is -0.508 e. The third-order valence-corrected chi connectivity index (χ3v) is 3.04. The number of phenols is 1. The highest BCUT2D eigenvalue weighted by Crippen LogP contribution is 2.22. The number of carbonyl (C=O) groups excluding carboxylic acids is 1. The van der Waals surface area contributed by atoms with Crippen LogP contribution in [0.25, 0.3) is 0 Å². The first-order chi connectivity index (χ1) is 9.20. The fourth-order valence-electron chi connectivity index (χ4n) is 2.07. The Kier molecular flexibility index (Phi) is 4.18. The Hall–Kier alpha value is -2.29. The van der Waals surface area contributed by atoms with Gasteiger partial charge >= 0.3 is 0 Å². The van der Waals surface area contributed by atoms with Crippen LogP contribution in [0.5, 0.6) is 5.75 Å². The van der Waals surface area contributed by atoms with Gasteiger partial charge in [0.15, 0.2) is 0 Å². The molecule has 98 valence electrons. The van der Waals surface area contributed by atoms with Crippen molar-refractivity contribution in [1.29, 1.82) is 0 Å². The SMILES string of the molecule is CC[C@@H](C(=O)Nc1cccc(O)c1)c1ccccc1. The van der Waals surface area contributed by atoms with Crippen LogP contribution < -0.4 is 5.32 Å². The predicted molar refractivity (Wildman–Crippen MR) is 76.2 cm³/mol. The van der Waals surface area contributed by atoms with E-state index in [2.05, 4.69) is 5.32 Å². The zero-order chi connectivity index (χ0) is 13.7. The third kappa shape index (κ3) is 3.35. The second kappa shape index (κ2) is 6.05. The second-order valence-electron chi connectivity index (χ2n) is 4.41. The molecular weight excluding hydrogens is 238 g/mol. The molecule has 0 aliphatic heterocycles. The highest BCUT2D eigenvalue weighted by molar-refractivity contribution is 5.95. The molecule has 0 aliphatic carbocycles. The van der Waals surface area contributed by atoms with Crippen molar-refractivity contribution in [1.82, 2.24) is 0 Å². The molecule has 0 fully saturated rings. The summed E-state index contributed by atoms with van der Waals surface area (Å²) in [5.74, 6) is -0.0894. The molecule has 0 aliphatic rings. The van der Waals surface area contributed by atoms with Crippen LogP contribution in [0.3, 0.4) is 0 Å². The lowest BCUT2D eigenvalue weighted by Gasteiger charge is -2.15. The summed E-state index contributed by atoms with van der Waals surface area (Å²) in [5, 5.41) is 12.2. The predicted octanol–water partition coefficient (Wildman–Crippen LogP) is 3.52. The van der Waals surface area contributed by atoms with E-state index in [1.54, 1.807) is 18.2 Å². The fraction of sp³-hybridized carbons (Fsp3) is 0.188. The summed E-state index contributed by atoms with van der Waals surface area (Å²) in [6.07, 6.45) is 0.731. The number of anilines is 1. The Morgan fingerprint density at radius 2 is 1.89 bits per heavy atom. The minimum atomic E-state index is -0.177. The summed E-state index contributed by atoms with van der Waals surface area (Å²) in [6, 6.07) is 16.3.